The molecule has 0 N–H and O–H groups in total. The van der Waals surface area contributed by atoms with Gasteiger partial charge in [-0.2, -0.15) is 9.78 Å². The average molecular weight is 320 g/mol. The summed E-state index contributed by atoms with van der Waals surface area (Å²) in [6.07, 6.45) is 1.03. The van der Waals surface area contributed by atoms with Crippen LogP contribution in [0, 0.1) is 17.0 Å². The zero-order valence-electron chi connectivity index (χ0n) is 10.5. The summed E-state index contributed by atoms with van der Waals surface area (Å²) < 4.78 is 25.3. The molecular weight excluding hydrogens is 310 g/mol. The summed E-state index contributed by atoms with van der Waals surface area (Å²) in [6.45, 7) is 1.94. The van der Waals surface area contributed by atoms with Crippen LogP contribution in [0.3, 0.4) is 0 Å². The zero-order valence-corrected chi connectivity index (χ0v) is 12.1. The van der Waals surface area contributed by atoms with E-state index >= 15 is 0 Å². The van der Waals surface area contributed by atoms with Crippen LogP contribution in [-0.4, -0.2) is 32.9 Å². The van der Waals surface area contributed by atoms with E-state index in [2.05, 4.69) is 10.2 Å². The van der Waals surface area contributed by atoms with E-state index in [-0.39, 0.29) is 6.54 Å². The van der Waals surface area contributed by atoms with Crippen LogP contribution in [0.1, 0.15) is 11.4 Å². The highest BCUT2D eigenvalue weighted by Gasteiger charge is 2.30. The molecule has 0 saturated carbocycles. The molecule has 108 valence electrons. The van der Waals surface area contributed by atoms with Crippen LogP contribution in [0.5, 0.6) is 0 Å². The van der Waals surface area contributed by atoms with E-state index in [9.17, 15) is 18.5 Å². The Hall–Kier alpha value is -1.94. The SMILES string of the molecule is Cc1cc(Cn2cc(S(=O)(=O)Cl)c([N+](=O)[O-])n2)n(C)n1. The fraction of sp³-hybridized carbons (Fsp3) is 0.333. The summed E-state index contributed by atoms with van der Waals surface area (Å²) in [4.78, 5) is 9.28. The third-order valence-corrected chi connectivity index (χ3v) is 3.88. The molecule has 2 rings (SSSR count). The molecule has 0 aliphatic carbocycles. The first-order chi connectivity index (χ1) is 9.18. The first-order valence-electron chi connectivity index (χ1n) is 5.34. The monoisotopic (exact) mass is 319 g/mol. The van der Waals surface area contributed by atoms with Crippen molar-refractivity contribution in [2.45, 2.75) is 18.4 Å². The van der Waals surface area contributed by atoms with Crippen molar-refractivity contribution in [3.8, 4) is 0 Å². The van der Waals surface area contributed by atoms with Crippen molar-refractivity contribution in [3.05, 3.63) is 33.8 Å². The minimum absolute atomic E-state index is 0.143. The van der Waals surface area contributed by atoms with Gasteiger partial charge in [-0.25, -0.2) is 8.42 Å². The van der Waals surface area contributed by atoms with E-state index in [1.165, 1.54) is 0 Å². The fourth-order valence-electron chi connectivity index (χ4n) is 1.75. The third-order valence-electron chi connectivity index (χ3n) is 2.57. The van der Waals surface area contributed by atoms with Gasteiger partial charge in [0.05, 0.1) is 22.7 Å². The summed E-state index contributed by atoms with van der Waals surface area (Å²) in [5.74, 6) is -0.793. The third kappa shape index (κ3) is 2.80. The van der Waals surface area contributed by atoms with E-state index in [4.69, 9.17) is 10.7 Å². The molecule has 2 heterocycles. The Kier molecular flexibility index (Phi) is 3.52. The Bertz CT molecular complexity index is 778. The van der Waals surface area contributed by atoms with Crippen molar-refractivity contribution in [1.29, 1.82) is 0 Å². The quantitative estimate of drug-likeness (QED) is 0.468. The summed E-state index contributed by atoms with van der Waals surface area (Å²) in [5, 5.41) is 18.5. The smallest absolute Gasteiger partial charge is 0.358 e. The molecule has 0 saturated heterocycles. The maximum Gasteiger partial charge on any atom is 0.410 e. The molecule has 0 aromatic carbocycles. The van der Waals surface area contributed by atoms with Gasteiger partial charge in [0.2, 0.25) is 4.90 Å². The second-order valence-corrected chi connectivity index (χ2v) is 6.64. The van der Waals surface area contributed by atoms with Crippen LogP contribution < -0.4 is 0 Å². The van der Waals surface area contributed by atoms with Gasteiger partial charge in [0, 0.05) is 17.7 Å². The summed E-state index contributed by atoms with van der Waals surface area (Å²) in [5.41, 5.74) is 1.49. The average Bonchev–Trinajstić information content (AvgIpc) is 2.83. The summed E-state index contributed by atoms with van der Waals surface area (Å²) >= 11 is 0. The largest absolute Gasteiger partial charge is 0.410 e. The van der Waals surface area contributed by atoms with Gasteiger partial charge in [0.15, 0.2) is 0 Å². The standard InChI is InChI=1S/C9H10ClN5O4S/c1-6-3-7(13(2)11-6)4-14-5-8(20(10,18)19)9(12-14)15(16)17/h3,5H,4H2,1-2H3. The Morgan fingerprint density at radius 3 is 2.50 bits per heavy atom. The lowest BCUT2D eigenvalue weighted by molar-refractivity contribution is -0.392. The number of aromatic nitrogens is 4. The maximum atomic E-state index is 11.3. The van der Waals surface area contributed by atoms with Crippen LogP contribution in [0.4, 0.5) is 5.82 Å². The predicted octanol–water partition coefficient (Wildman–Crippen LogP) is 0.809. The minimum Gasteiger partial charge on any atom is -0.358 e. The Balaban J connectivity index is 2.44. The molecular formula is C9H10ClN5O4S. The van der Waals surface area contributed by atoms with Crippen LogP contribution >= 0.6 is 10.7 Å². The molecule has 0 fully saturated rings. The van der Waals surface area contributed by atoms with Gasteiger partial charge in [-0.3, -0.25) is 4.68 Å². The Morgan fingerprint density at radius 2 is 2.10 bits per heavy atom. The van der Waals surface area contributed by atoms with Gasteiger partial charge < -0.3 is 10.1 Å². The van der Waals surface area contributed by atoms with Gasteiger partial charge in [0.25, 0.3) is 9.05 Å². The molecule has 2 aromatic rings. The molecule has 0 aliphatic rings. The molecule has 20 heavy (non-hydrogen) atoms. The first kappa shape index (κ1) is 14.5. The molecule has 2 aromatic heterocycles. The van der Waals surface area contributed by atoms with Crippen molar-refractivity contribution in [2.75, 3.05) is 0 Å². The second-order valence-electron chi connectivity index (χ2n) is 4.11. The van der Waals surface area contributed by atoms with Crippen molar-refractivity contribution in [3.63, 3.8) is 0 Å². The van der Waals surface area contributed by atoms with Crippen LogP contribution in [0.2, 0.25) is 0 Å². The molecule has 0 atom stereocenters. The lowest BCUT2D eigenvalue weighted by Crippen LogP contribution is -2.06. The van der Waals surface area contributed by atoms with Crippen LogP contribution in [0.15, 0.2) is 17.2 Å². The van der Waals surface area contributed by atoms with E-state index in [0.29, 0.717) is 0 Å². The molecule has 0 bridgehead atoms. The summed E-state index contributed by atoms with van der Waals surface area (Å²) in [6, 6.07) is 1.77. The van der Waals surface area contributed by atoms with Crippen molar-refractivity contribution < 1.29 is 13.3 Å². The maximum absolute atomic E-state index is 11.3. The van der Waals surface area contributed by atoms with Crippen LogP contribution in [0.25, 0.3) is 0 Å². The van der Waals surface area contributed by atoms with Gasteiger partial charge in [-0.05, 0) is 17.9 Å². The number of hydrogen-bond acceptors (Lipinski definition) is 6. The Morgan fingerprint density at radius 1 is 1.45 bits per heavy atom. The number of nitro groups is 1. The molecule has 0 unspecified atom stereocenters. The molecule has 0 aliphatic heterocycles. The fourth-order valence-corrected chi connectivity index (χ4v) is 2.66. The predicted molar refractivity (Wildman–Crippen MR) is 69.0 cm³/mol. The minimum atomic E-state index is -4.23. The lowest BCUT2D eigenvalue weighted by atomic mass is 10.4. The number of rotatable bonds is 4. The van der Waals surface area contributed by atoms with Crippen molar-refractivity contribution in [1.82, 2.24) is 19.6 Å². The zero-order chi connectivity index (χ0) is 15.1. The highest BCUT2D eigenvalue weighted by Crippen LogP contribution is 2.25. The number of hydrogen-bond donors (Lipinski definition) is 0. The Labute approximate surface area is 118 Å². The van der Waals surface area contributed by atoms with E-state index in [0.717, 1.165) is 22.3 Å². The van der Waals surface area contributed by atoms with Crippen molar-refractivity contribution in [2.24, 2.45) is 7.05 Å². The topological polar surface area (TPSA) is 113 Å². The van der Waals surface area contributed by atoms with Crippen LogP contribution in [-0.2, 0) is 22.6 Å². The first-order valence-corrected chi connectivity index (χ1v) is 7.65. The molecule has 0 radical (unpaired) electrons. The number of nitrogens with zero attached hydrogens (tertiary/aromatic N) is 5. The number of halogens is 1. The van der Waals surface area contributed by atoms with E-state index in [1.807, 2.05) is 0 Å². The van der Waals surface area contributed by atoms with Gasteiger partial charge in [-0.1, -0.05) is 0 Å². The van der Waals surface area contributed by atoms with Gasteiger partial charge >= 0.3 is 5.82 Å². The lowest BCUT2D eigenvalue weighted by Gasteiger charge is -1.97. The van der Waals surface area contributed by atoms with Gasteiger partial charge in [0.1, 0.15) is 6.54 Å². The molecule has 11 heteroatoms. The molecule has 0 amide bonds. The highest BCUT2D eigenvalue weighted by atomic mass is 35.7. The second kappa shape index (κ2) is 4.87. The molecule has 9 nitrogen and oxygen atoms in total. The van der Waals surface area contributed by atoms with Gasteiger partial charge in [-0.15, -0.1) is 0 Å². The normalized spacial score (nSPS) is 11.8. The highest BCUT2D eigenvalue weighted by molar-refractivity contribution is 8.13. The van der Waals surface area contributed by atoms with Crippen molar-refractivity contribution >= 4 is 25.6 Å². The van der Waals surface area contributed by atoms with E-state index in [1.54, 1.807) is 24.7 Å². The van der Waals surface area contributed by atoms with E-state index < -0.39 is 24.7 Å². The number of aryl methyl sites for hydroxylation is 2. The summed E-state index contributed by atoms with van der Waals surface area (Å²) in [7, 11) is 2.63. The molecule has 0 spiro atoms.